The molecule has 0 N–H and O–H groups in total. The van der Waals surface area contributed by atoms with Gasteiger partial charge in [0.15, 0.2) is 5.78 Å². The number of hydrogen-bond donors (Lipinski definition) is 0. The zero-order valence-electron chi connectivity index (χ0n) is 13.0. The lowest BCUT2D eigenvalue weighted by atomic mass is 10.0. The molecule has 0 saturated carbocycles. The number of rotatable bonds is 5. The Hall–Kier alpha value is -2.59. The second-order valence-corrected chi connectivity index (χ2v) is 5.82. The molecule has 3 rings (SSSR count). The molecule has 0 fully saturated rings. The summed E-state index contributed by atoms with van der Waals surface area (Å²) in [7, 11) is 1.55. The van der Waals surface area contributed by atoms with E-state index in [0.717, 1.165) is 10.9 Å². The highest BCUT2D eigenvalue weighted by Crippen LogP contribution is 2.23. The normalized spacial score (nSPS) is 10.8. The van der Waals surface area contributed by atoms with Gasteiger partial charge in [-0.2, -0.15) is 0 Å². The highest BCUT2D eigenvalue weighted by molar-refractivity contribution is 6.30. The zero-order chi connectivity index (χ0) is 17.1. The summed E-state index contributed by atoms with van der Waals surface area (Å²) in [5.41, 5.74) is 1.40. The lowest BCUT2D eigenvalue weighted by molar-refractivity contribution is 0.0983. The molecule has 0 spiro atoms. The Labute approximate surface area is 143 Å². The Bertz CT molecular complexity index is 942. The van der Waals surface area contributed by atoms with Crippen molar-refractivity contribution in [1.29, 1.82) is 0 Å². The van der Waals surface area contributed by atoms with Gasteiger partial charge in [-0.3, -0.25) is 4.79 Å². The van der Waals surface area contributed by atoms with Crippen LogP contribution in [0, 0.1) is 0 Å². The molecule has 122 valence electrons. The van der Waals surface area contributed by atoms with Crippen LogP contribution >= 0.6 is 11.6 Å². The molecule has 2 aromatic carbocycles. The van der Waals surface area contributed by atoms with Crippen molar-refractivity contribution in [2.75, 3.05) is 7.11 Å². The van der Waals surface area contributed by atoms with E-state index in [-0.39, 0.29) is 5.78 Å². The minimum absolute atomic E-state index is 0.00145. The van der Waals surface area contributed by atoms with E-state index in [1.165, 1.54) is 6.07 Å². The Kier molecular flexibility index (Phi) is 4.67. The molecular weight excluding hydrogens is 328 g/mol. The first-order valence-electron chi connectivity index (χ1n) is 7.46. The number of aryl methyl sites for hydroxylation is 1. The summed E-state index contributed by atoms with van der Waals surface area (Å²) in [6.07, 6.45) is 0.752. The topological polar surface area (TPSA) is 56.5 Å². The van der Waals surface area contributed by atoms with E-state index in [1.54, 1.807) is 43.5 Å². The maximum Gasteiger partial charge on any atom is 0.336 e. The molecular formula is C19H15ClO4. The first-order chi connectivity index (χ1) is 11.6. The van der Waals surface area contributed by atoms with E-state index < -0.39 is 5.63 Å². The number of Topliss-reactive ketones (excluding diaryl/α,β-unsaturated/α-hetero) is 1. The van der Waals surface area contributed by atoms with Crippen molar-refractivity contribution < 1.29 is 13.9 Å². The van der Waals surface area contributed by atoms with Crippen molar-refractivity contribution >= 4 is 28.4 Å². The summed E-state index contributed by atoms with van der Waals surface area (Å²) in [6, 6.07) is 13.5. The van der Waals surface area contributed by atoms with Crippen molar-refractivity contribution in [2.45, 2.75) is 12.8 Å². The minimum Gasteiger partial charge on any atom is -0.497 e. The van der Waals surface area contributed by atoms with E-state index in [2.05, 4.69) is 0 Å². The Morgan fingerprint density at radius 1 is 1.12 bits per heavy atom. The van der Waals surface area contributed by atoms with Crippen molar-refractivity contribution in [3.05, 3.63) is 75.1 Å². The van der Waals surface area contributed by atoms with Crippen LogP contribution in [0.25, 0.3) is 11.0 Å². The molecule has 0 unspecified atom stereocenters. The first-order valence-corrected chi connectivity index (χ1v) is 7.84. The van der Waals surface area contributed by atoms with Crippen LogP contribution in [0.2, 0.25) is 5.02 Å². The highest BCUT2D eigenvalue weighted by Gasteiger charge is 2.11. The van der Waals surface area contributed by atoms with Crippen LogP contribution in [0.15, 0.2) is 57.7 Å². The smallest absolute Gasteiger partial charge is 0.336 e. The number of hydrogen-bond acceptors (Lipinski definition) is 4. The summed E-state index contributed by atoms with van der Waals surface area (Å²) in [5, 5.41) is 1.39. The molecule has 3 aromatic rings. The van der Waals surface area contributed by atoms with Gasteiger partial charge in [0.25, 0.3) is 0 Å². The molecule has 5 heteroatoms. The number of ketones is 1. The SMILES string of the molecule is COc1ccc2c(CCC(=O)c3ccc(Cl)cc3)cc(=O)oc2c1. The van der Waals surface area contributed by atoms with Crippen LogP contribution in [0.4, 0.5) is 0 Å². The molecule has 0 atom stereocenters. The van der Waals surface area contributed by atoms with Gasteiger partial charge in [-0.05, 0) is 48.4 Å². The quantitative estimate of drug-likeness (QED) is 0.513. The third-order valence-electron chi connectivity index (χ3n) is 3.82. The summed E-state index contributed by atoms with van der Waals surface area (Å²) in [6.45, 7) is 0. The molecule has 1 aromatic heterocycles. The maximum atomic E-state index is 12.3. The van der Waals surface area contributed by atoms with Gasteiger partial charge in [-0.25, -0.2) is 4.79 Å². The van der Waals surface area contributed by atoms with Crippen molar-refractivity contribution in [3.63, 3.8) is 0 Å². The molecule has 0 aliphatic carbocycles. The molecule has 0 radical (unpaired) electrons. The summed E-state index contributed by atoms with van der Waals surface area (Å²) < 4.78 is 10.4. The lowest BCUT2D eigenvalue weighted by Gasteiger charge is -2.07. The first kappa shape index (κ1) is 16.3. The van der Waals surface area contributed by atoms with Gasteiger partial charge in [-0.1, -0.05) is 11.6 Å². The van der Waals surface area contributed by atoms with Crippen LogP contribution in [-0.4, -0.2) is 12.9 Å². The number of fused-ring (bicyclic) bond motifs is 1. The van der Waals surface area contributed by atoms with E-state index in [4.69, 9.17) is 20.8 Å². The Morgan fingerprint density at radius 3 is 2.58 bits per heavy atom. The average molecular weight is 343 g/mol. The summed E-state index contributed by atoms with van der Waals surface area (Å²) in [5.74, 6) is 0.613. The van der Waals surface area contributed by atoms with Gasteiger partial charge < -0.3 is 9.15 Å². The number of halogens is 1. The van der Waals surface area contributed by atoms with E-state index >= 15 is 0 Å². The number of ether oxygens (including phenoxy) is 1. The van der Waals surface area contributed by atoms with Gasteiger partial charge in [0.1, 0.15) is 11.3 Å². The van der Waals surface area contributed by atoms with Crippen molar-refractivity contribution in [2.24, 2.45) is 0 Å². The summed E-state index contributed by atoms with van der Waals surface area (Å²) >= 11 is 5.83. The van der Waals surface area contributed by atoms with E-state index in [9.17, 15) is 9.59 Å². The largest absolute Gasteiger partial charge is 0.497 e. The minimum atomic E-state index is -0.440. The van der Waals surface area contributed by atoms with Crippen molar-refractivity contribution in [3.8, 4) is 5.75 Å². The van der Waals surface area contributed by atoms with Gasteiger partial charge in [0, 0.05) is 34.5 Å². The fraction of sp³-hybridized carbons (Fsp3) is 0.158. The fourth-order valence-corrected chi connectivity index (χ4v) is 2.70. The third kappa shape index (κ3) is 3.49. The molecule has 0 bridgehead atoms. The molecule has 0 saturated heterocycles. The van der Waals surface area contributed by atoms with Gasteiger partial charge in [0.05, 0.1) is 7.11 Å². The Balaban J connectivity index is 1.85. The van der Waals surface area contributed by atoms with Crippen LogP contribution in [0.3, 0.4) is 0 Å². The summed E-state index contributed by atoms with van der Waals surface area (Å²) in [4.78, 5) is 24.0. The highest BCUT2D eigenvalue weighted by atomic mass is 35.5. The molecule has 4 nitrogen and oxygen atoms in total. The average Bonchev–Trinajstić information content (AvgIpc) is 2.59. The number of carbonyl (C=O) groups excluding carboxylic acids is 1. The van der Waals surface area contributed by atoms with E-state index in [0.29, 0.717) is 34.8 Å². The van der Waals surface area contributed by atoms with Crippen LogP contribution in [0.1, 0.15) is 22.3 Å². The fourth-order valence-electron chi connectivity index (χ4n) is 2.57. The maximum absolute atomic E-state index is 12.3. The van der Waals surface area contributed by atoms with Gasteiger partial charge in [-0.15, -0.1) is 0 Å². The molecule has 0 aliphatic rings. The van der Waals surface area contributed by atoms with E-state index in [1.807, 2.05) is 6.07 Å². The number of benzene rings is 2. The van der Waals surface area contributed by atoms with Gasteiger partial charge >= 0.3 is 5.63 Å². The molecule has 0 aliphatic heterocycles. The standard InChI is InChI=1S/C19H15ClO4/c1-23-15-7-8-16-13(10-19(22)24-18(16)11-15)4-9-17(21)12-2-5-14(20)6-3-12/h2-3,5-8,10-11H,4,9H2,1H3. The second-order valence-electron chi connectivity index (χ2n) is 5.38. The predicted octanol–water partition coefficient (Wildman–Crippen LogP) is 4.27. The Morgan fingerprint density at radius 2 is 1.88 bits per heavy atom. The number of methoxy groups -OCH3 is 1. The lowest BCUT2D eigenvalue weighted by Crippen LogP contribution is -2.05. The van der Waals surface area contributed by atoms with Crippen LogP contribution in [-0.2, 0) is 6.42 Å². The third-order valence-corrected chi connectivity index (χ3v) is 4.08. The number of carbonyl (C=O) groups is 1. The van der Waals surface area contributed by atoms with Gasteiger partial charge in [0.2, 0.25) is 0 Å². The molecule has 0 amide bonds. The van der Waals surface area contributed by atoms with Crippen molar-refractivity contribution in [1.82, 2.24) is 0 Å². The second kappa shape index (κ2) is 6.89. The van der Waals surface area contributed by atoms with Crippen LogP contribution < -0.4 is 10.4 Å². The molecule has 1 heterocycles. The monoisotopic (exact) mass is 342 g/mol. The molecule has 24 heavy (non-hydrogen) atoms. The van der Waals surface area contributed by atoms with Crippen LogP contribution in [0.5, 0.6) is 5.75 Å². The zero-order valence-corrected chi connectivity index (χ0v) is 13.8. The predicted molar refractivity (Wildman–Crippen MR) is 93.1 cm³/mol.